The topological polar surface area (TPSA) is 49.4 Å². The number of nitrogens with zero attached hydrogens (tertiary/aromatic N) is 1. The number of fused-ring (bicyclic) bond motifs is 1. The Hall–Kier alpha value is -1.36. The minimum Gasteiger partial charge on any atom is -0.351 e. The maximum atomic E-state index is 12.2. The summed E-state index contributed by atoms with van der Waals surface area (Å²) in [5.74, 6) is 0.223. The standard InChI is InChI=1S/C12H14N2O2S/c15-11-6-10-9(13-11)1-3-14(10)12(16)5-8-2-4-17-7-8/h2,4,7,9-10H,1,3,5-6H2,(H,13,15)/t9-,10+/m1/s1. The summed E-state index contributed by atoms with van der Waals surface area (Å²) >= 11 is 1.61. The molecule has 0 aromatic carbocycles. The van der Waals surface area contributed by atoms with Gasteiger partial charge in [-0.15, -0.1) is 0 Å². The number of carbonyl (C=O) groups is 2. The number of amides is 2. The molecule has 2 fully saturated rings. The first-order chi connectivity index (χ1) is 8.24. The average molecular weight is 250 g/mol. The first-order valence-electron chi connectivity index (χ1n) is 5.84. The highest BCUT2D eigenvalue weighted by atomic mass is 32.1. The molecule has 3 heterocycles. The summed E-state index contributed by atoms with van der Waals surface area (Å²) in [6.45, 7) is 0.776. The second-order valence-electron chi connectivity index (χ2n) is 4.63. The van der Waals surface area contributed by atoms with Gasteiger partial charge < -0.3 is 10.2 Å². The molecule has 17 heavy (non-hydrogen) atoms. The summed E-state index contributed by atoms with van der Waals surface area (Å²) < 4.78 is 0. The molecule has 3 rings (SSSR count). The summed E-state index contributed by atoms with van der Waals surface area (Å²) in [6, 6.07) is 2.26. The van der Waals surface area contributed by atoms with Gasteiger partial charge in [0.1, 0.15) is 0 Å². The number of hydrogen-bond acceptors (Lipinski definition) is 3. The van der Waals surface area contributed by atoms with E-state index < -0.39 is 0 Å². The molecule has 0 bridgehead atoms. The normalized spacial score (nSPS) is 27.1. The SMILES string of the molecule is O=C1C[C@H]2[C@@H](CCN2C(=O)Cc2ccsc2)N1. The Balaban J connectivity index is 1.68. The Morgan fingerprint density at radius 3 is 3.24 bits per heavy atom. The van der Waals surface area contributed by atoms with Gasteiger partial charge in [-0.05, 0) is 28.8 Å². The van der Waals surface area contributed by atoms with Crippen molar-refractivity contribution < 1.29 is 9.59 Å². The van der Waals surface area contributed by atoms with Gasteiger partial charge in [-0.3, -0.25) is 9.59 Å². The largest absolute Gasteiger partial charge is 0.351 e. The molecule has 2 saturated heterocycles. The van der Waals surface area contributed by atoms with Crippen LogP contribution in [0.2, 0.25) is 0 Å². The minimum atomic E-state index is 0.0769. The van der Waals surface area contributed by atoms with E-state index in [0.29, 0.717) is 12.8 Å². The highest BCUT2D eigenvalue weighted by Gasteiger charge is 2.43. The summed E-state index contributed by atoms with van der Waals surface area (Å²) in [4.78, 5) is 25.3. The smallest absolute Gasteiger partial charge is 0.227 e. The molecule has 0 saturated carbocycles. The molecule has 0 aliphatic carbocycles. The van der Waals surface area contributed by atoms with Gasteiger partial charge >= 0.3 is 0 Å². The van der Waals surface area contributed by atoms with Crippen LogP contribution in [0.5, 0.6) is 0 Å². The maximum Gasteiger partial charge on any atom is 0.227 e. The van der Waals surface area contributed by atoms with E-state index in [2.05, 4.69) is 5.32 Å². The van der Waals surface area contributed by atoms with Gasteiger partial charge in [0.2, 0.25) is 11.8 Å². The van der Waals surface area contributed by atoms with E-state index in [1.807, 2.05) is 21.7 Å². The fourth-order valence-corrected chi connectivity index (χ4v) is 3.38. The quantitative estimate of drug-likeness (QED) is 0.843. The molecular weight excluding hydrogens is 236 g/mol. The molecule has 5 heteroatoms. The van der Waals surface area contributed by atoms with E-state index in [-0.39, 0.29) is 23.9 Å². The van der Waals surface area contributed by atoms with Crippen molar-refractivity contribution in [3.8, 4) is 0 Å². The molecule has 0 radical (unpaired) electrons. The van der Waals surface area contributed by atoms with Gasteiger partial charge in [0.05, 0.1) is 18.5 Å². The van der Waals surface area contributed by atoms with Crippen LogP contribution in [0.1, 0.15) is 18.4 Å². The van der Waals surface area contributed by atoms with E-state index >= 15 is 0 Å². The van der Waals surface area contributed by atoms with Gasteiger partial charge in [0, 0.05) is 13.0 Å². The fourth-order valence-electron chi connectivity index (χ4n) is 2.71. The highest BCUT2D eigenvalue weighted by Crippen LogP contribution is 2.26. The summed E-state index contributed by atoms with van der Waals surface area (Å²) in [5, 5.41) is 6.91. The third kappa shape index (κ3) is 1.95. The summed E-state index contributed by atoms with van der Waals surface area (Å²) in [6.07, 6.45) is 1.83. The number of rotatable bonds is 2. The molecule has 0 spiro atoms. The number of nitrogens with one attached hydrogen (secondary N) is 1. The predicted octanol–water partition coefficient (Wildman–Crippen LogP) is 0.780. The zero-order valence-corrected chi connectivity index (χ0v) is 10.2. The van der Waals surface area contributed by atoms with Crippen molar-refractivity contribution in [3.63, 3.8) is 0 Å². The predicted molar refractivity (Wildman–Crippen MR) is 64.7 cm³/mol. The number of carbonyl (C=O) groups excluding carboxylic acids is 2. The Morgan fingerprint density at radius 2 is 2.47 bits per heavy atom. The van der Waals surface area contributed by atoms with Crippen LogP contribution >= 0.6 is 11.3 Å². The van der Waals surface area contributed by atoms with Crippen LogP contribution in [0.25, 0.3) is 0 Å². The Kier molecular flexibility index (Phi) is 2.63. The molecular formula is C12H14N2O2S. The first-order valence-corrected chi connectivity index (χ1v) is 6.78. The lowest BCUT2D eigenvalue weighted by Crippen LogP contribution is -2.39. The van der Waals surface area contributed by atoms with E-state index in [9.17, 15) is 9.59 Å². The van der Waals surface area contributed by atoms with Gasteiger partial charge in [-0.2, -0.15) is 11.3 Å². The lowest BCUT2D eigenvalue weighted by atomic mass is 10.1. The average Bonchev–Trinajstić information content (AvgIpc) is 2.93. The third-order valence-corrected chi connectivity index (χ3v) is 4.27. The number of thiophene rings is 1. The van der Waals surface area contributed by atoms with Crippen molar-refractivity contribution >= 4 is 23.2 Å². The van der Waals surface area contributed by atoms with Crippen LogP contribution in [-0.2, 0) is 16.0 Å². The molecule has 0 unspecified atom stereocenters. The molecule has 1 aromatic heterocycles. The summed E-state index contributed by atoms with van der Waals surface area (Å²) in [7, 11) is 0. The number of likely N-dealkylation sites (tertiary alicyclic amines) is 1. The molecule has 2 aliphatic heterocycles. The van der Waals surface area contributed by atoms with Crippen LogP contribution in [0.4, 0.5) is 0 Å². The second-order valence-corrected chi connectivity index (χ2v) is 5.41. The van der Waals surface area contributed by atoms with Gasteiger partial charge in [-0.25, -0.2) is 0 Å². The van der Waals surface area contributed by atoms with Crippen molar-refractivity contribution in [1.82, 2.24) is 10.2 Å². The van der Waals surface area contributed by atoms with E-state index in [4.69, 9.17) is 0 Å². The monoisotopic (exact) mass is 250 g/mol. The lowest BCUT2D eigenvalue weighted by Gasteiger charge is -2.22. The zero-order valence-electron chi connectivity index (χ0n) is 9.39. The van der Waals surface area contributed by atoms with Crippen LogP contribution in [0.3, 0.4) is 0 Å². The molecule has 1 N–H and O–H groups in total. The Morgan fingerprint density at radius 1 is 1.59 bits per heavy atom. The van der Waals surface area contributed by atoms with Crippen LogP contribution in [0, 0.1) is 0 Å². The molecule has 1 aromatic rings. The van der Waals surface area contributed by atoms with Gasteiger partial charge in [0.15, 0.2) is 0 Å². The molecule has 90 valence electrons. The first kappa shape index (κ1) is 10.8. The van der Waals surface area contributed by atoms with Crippen molar-refractivity contribution in [2.24, 2.45) is 0 Å². The van der Waals surface area contributed by atoms with Gasteiger partial charge in [0.25, 0.3) is 0 Å². The van der Waals surface area contributed by atoms with Crippen molar-refractivity contribution in [3.05, 3.63) is 22.4 Å². The third-order valence-electron chi connectivity index (χ3n) is 3.54. The second kappa shape index (κ2) is 4.14. The van der Waals surface area contributed by atoms with E-state index in [1.54, 1.807) is 11.3 Å². The van der Waals surface area contributed by atoms with Crippen molar-refractivity contribution in [2.75, 3.05) is 6.54 Å². The molecule has 4 nitrogen and oxygen atoms in total. The maximum absolute atomic E-state index is 12.2. The van der Waals surface area contributed by atoms with Crippen LogP contribution < -0.4 is 5.32 Å². The fraction of sp³-hybridized carbons (Fsp3) is 0.500. The Labute approximate surface area is 104 Å². The highest BCUT2D eigenvalue weighted by molar-refractivity contribution is 7.07. The minimum absolute atomic E-state index is 0.0769. The van der Waals surface area contributed by atoms with Crippen molar-refractivity contribution in [1.29, 1.82) is 0 Å². The number of hydrogen-bond donors (Lipinski definition) is 1. The van der Waals surface area contributed by atoms with Crippen LogP contribution in [0.15, 0.2) is 16.8 Å². The summed E-state index contributed by atoms with van der Waals surface area (Å²) in [5.41, 5.74) is 1.07. The molecule has 2 atom stereocenters. The van der Waals surface area contributed by atoms with Crippen LogP contribution in [-0.4, -0.2) is 35.3 Å². The molecule has 2 amide bonds. The lowest BCUT2D eigenvalue weighted by molar-refractivity contribution is -0.131. The zero-order chi connectivity index (χ0) is 11.8. The molecule has 2 aliphatic rings. The van der Waals surface area contributed by atoms with E-state index in [0.717, 1.165) is 18.5 Å². The van der Waals surface area contributed by atoms with Gasteiger partial charge in [-0.1, -0.05) is 0 Å². The van der Waals surface area contributed by atoms with Crippen molar-refractivity contribution in [2.45, 2.75) is 31.3 Å². The Bertz CT molecular complexity index is 443. The van der Waals surface area contributed by atoms with E-state index in [1.165, 1.54) is 0 Å².